The molecule has 0 unspecified atom stereocenters. The van der Waals surface area contributed by atoms with Gasteiger partial charge in [0.25, 0.3) is 0 Å². The van der Waals surface area contributed by atoms with Crippen molar-refractivity contribution in [1.82, 2.24) is 15.0 Å². The predicted octanol–water partition coefficient (Wildman–Crippen LogP) is 3.59. The van der Waals surface area contributed by atoms with Crippen molar-refractivity contribution in [2.75, 3.05) is 49.1 Å². The Morgan fingerprint density at radius 2 is 1.97 bits per heavy atom. The van der Waals surface area contributed by atoms with E-state index in [2.05, 4.69) is 46.7 Å². The van der Waals surface area contributed by atoms with Crippen molar-refractivity contribution in [2.45, 2.75) is 6.92 Å². The summed E-state index contributed by atoms with van der Waals surface area (Å²) in [6.45, 7) is 4.30. The Morgan fingerprint density at radius 1 is 1.22 bits per heavy atom. The van der Waals surface area contributed by atoms with Crippen LogP contribution >= 0.6 is 15.9 Å². The third-order valence-corrected chi connectivity index (χ3v) is 5.84. The predicted molar refractivity (Wildman–Crippen MR) is 138 cm³/mol. The number of aromatic nitrogens is 3. The number of nitrogens with zero attached hydrogens (tertiary/aromatic N) is 6. The van der Waals surface area contributed by atoms with Gasteiger partial charge < -0.3 is 24.8 Å². The number of nitro groups is 1. The van der Waals surface area contributed by atoms with Gasteiger partial charge in [0.1, 0.15) is 0 Å². The first-order chi connectivity index (χ1) is 17.4. The fourth-order valence-electron chi connectivity index (χ4n) is 3.45. The molecule has 0 atom stereocenters. The zero-order chi connectivity index (χ0) is 25.7. The van der Waals surface area contributed by atoms with E-state index in [1.807, 2.05) is 30.0 Å². The van der Waals surface area contributed by atoms with Crippen LogP contribution in [0.4, 0.5) is 29.2 Å². The number of halogens is 1. The largest absolute Gasteiger partial charge is 0.504 e. The number of phenolic OH excluding ortho intramolecular Hbond substituents is 1. The van der Waals surface area contributed by atoms with Crippen molar-refractivity contribution >= 4 is 51.4 Å². The molecule has 2 heterocycles. The molecule has 1 saturated heterocycles. The van der Waals surface area contributed by atoms with Gasteiger partial charge in [0.2, 0.25) is 23.6 Å². The molecule has 3 aromatic rings. The molecule has 36 heavy (non-hydrogen) atoms. The number of hydrazone groups is 1. The lowest BCUT2D eigenvalue weighted by Crippen LogP contribution is -2.37. The molecule has 4 rings (SSSR count). The van der Waals surface area contributed by atoms with Crippen LogP contribution in [0.1, 0.15) is 11.1 Å². The minimum absolute atomic E-state index is 0.117. The number of ether oxygens (including phenoxy) is 2. The molecular weight excluding hydrogens is 536 g/mol. The van der Waals surface area contributed by atoms with Gasteiger partial charge in [-0.05, 0) is 52.7 Å². The lowest BCUT2D eigenvalue weighted by Gasteiger charge is -2.27. The molecule has 1 aliphatic rings. The van der Waals surface area contributed by atoms with E-state index in [1.54, 1.807) is 0 Å². The van der Waals surface area contributed by atoms with E-state index in [4.69, 9.17) is 9.47 Å². The van der Waals surface area contributed by atoms with Crippen LogP contribution < -0.4 is 20.4 Å². The van der Waals surface area contributed by atoms with E-state index in [0.29, 0.717) is 32.3 Å². The highest BCUT2D eigenvalue weighted by Crippen LogP contribution is 2.38. The molecule has 0 radical (unpaired) electrons. The number of aryl methyl sites for hydroxylation is 1. The number of anilines is 4. The number of hydrogen-bond donors (Lipinski definition) is 3. The molecule has 0 aliphatic carbocycles. The zero-order valence-corrected chi connectivity index (χ0v) is 21.0. The standard InChI is InChI=1S/C22H23BrN8O5/c1-13-3-5-16(15(23)11-13)25-20-26-21(28-22(27-20)30-7-9-36-10-8-30)29-24-12-14-4-6-17(32)19(35-2)18(14)31(33)34/h3-6,11-12,32H,7-10H2,1-2H3,(H2,25,26,27,28,29)/b24-12-. The molecular formula is C22H23BrN8O5. The van der Waals surface area contributed by atoms with Gasteiger partial charge in [-0.2, -0.15) is 20.1 Å². The van der Waals surface area contributed by atoms with Gasteiger partial charge in [0, 0.05) is 17.6 Å². The van der Waals surface area contributed by atoms with Crippen molar-refractivity contribution in [3.63, 3.8) is 0 Å². The third-order valence-electron chi connectivity index (χ3n) is 5.19. The molecule has 1 aliphatic heterocycles. The quantitative estimate of drug-likeness (QED) is 0.210. The monoisotopic (exact) mass is 558 g/mol. The summed E-state index contributed by atoms with van der Waals surface area (Å²) in [5.74, 6) is 0.232. The third kappa shape index (κ3) is 5.78. The van der Waals surface area contributed by atoms with Gasteiger partial charge in [-0.25, -0.2) is 5.43 Å². The maximum Gasteiger partial charge on any atom is 0.323 e. The van der Waals surface area contributed by atoms with Crippen molar-refractivity contribution in [1.29, 1.82) is 0 Å². The maximum atomic E-state index is 11.5. The number of nitro benzene ring substituents is 1. The van der Waals surface area contributed by atoms with E-state index in [-0.39, 0.29) is 29.0 Å². The van der Waals surface area contributed by atoms with Crippen LogP contribution in [0.25, 0.3) is 0 Å². The Balaban J connectivity index is 1.64. The lowest BCUT2D eigenvalue weighted by molar-refractivity contribution is -0.385. The van der Waals surface area contributed by atoms with Gasteiger partial charge in [-0.3, -0.25) is 10.1 Å². The van der Waals surface area contributed by atoms with Gasteiger partial charge in [-0.1, -0.05) is 6.07 Å². The summed E-state index contributed by atoms with van der Waals surface area (Å²) in [6, 6.07) is 8.47. The summed E-state index contributed by atoms with van der Waals surface area (Å²) in [4.78, 5) is 26.2. The molecule has 1 fully saturated rings. The Hall–Kier alpha value is -4.04. The van der Waals surface area contributed by atoms with Crippen molar-refractivity contribution < 1.29 is 19.5 Å². The molecule has 3 N–H and O–H groups in total. The van der Waals surface area contributed by atoms with E-state index in [9.17, 15) is 15.2 Å². The van der Waals surface area contributed by atoms with Crippen LogP contribution in [-0.2, 0) is 4.74 Å². The fraction of sp³-hybridized carbons (Fsp3) is 0.273. The molecule has 2 aromatic carbocycles. The molecule has 0 spiro atoms. The van der Waals surface area contributed by atoms with Crippen LogP contribution in [0.15, 0.2) is 39.9 Å². The highest BCUT2D eigenvalue weighted by atomic mass is 79.9. The smallest absolute Gasteiger partial charge is 0.323 e. The normalized spacial score (nSPS) is 13.6. The number of morpholine rings is 1. The van der Waals surface area contributed by atoms with E-state index < -0.39 is 10.6 Å². The zero-order valence-electron chi connectivity index (χ0n) is 19.4. The minimum atomic E-state index is -0.652. The van der Waals surface area contributed by atoms with E-state index in [1.165, 1.54) is 25.5 Å². The van der Waals surface area contributed by atoms with Crippen molar-refractivity contribution in [3.8, 4) is 11.5 Å². The first-order valence-corrected chi connectivity index (χ1v) is 11.6. The molecule has 0 bridgehead atoms. The SMILES string of the molecule is COc1c(O)ccc(/C=N\Nc2nc(Nc3ccc(C)cc3Br)nc(N3CCOCC3)n2)c1[N+](=O)[O-]. The molecule has 0 saturated carbocycles. The number of benzene rings is 2. The second-order valence-corrected chi connectivity index (χ2v) is 8.53. The number of rotatable bonds is 8. The highest BCUT2D eigenvalue weighted by Gasteiger charge is 2.23. The summed E-state index contributed by atoms with van der Waals surface area (Å²) in [5.41, 5.74) is 4.27. The van der Waals surface area contributed by atoms with Crippen LogP contribution in [0.5, 0.6) is 11.5 Å². The van der Waals surface area contributed by atoms with Crippen LogP contribution in [0.3, 0.4) is 0 Å². The molecule has 13 nitrogen and oxygen atoms in total. The molecule has 0 amide bonds. The number of aromatic hydroxyl groups is 1. The molecule has 14 heteroatoms. The van der Waals surface area contributed by atoms with E-state index >= 15 is 0 Å². The van der Waals surface area contributed by atoms with Gasteiger partial charge in [-0.15, -0.1) is 0 Å². The number of methoxy groups -OCH3 is 1. The average molecular weight is 559 g/mol. The van der Waals surface area contributed by atoms with Gasteiger partial charge in [0.05, 0.1) is 42.7 Å². The van der Waals surface area contributed by atoms with Crippen molar-refractivity contribution in [2.24, 2.45) is 5.10 Å². The second-order valence-electron chi connectivity index (χ2n) is 7.67. The first-order valence-electron chi connectivity index (χ1n) is 10.8. The summed E-state index contributed by atoms with van der Waals surface area (Å²) in [7, 11) is 1.24. The topological polar surface area (TPSA) is 160 Å². The van der Waals surface area contributed by atoms with Gasteiger partial charge in [0.15, 0.2) is 5.75 Å². The Bertz CT molecular complexity index is 1300. The van der Waals surface area contributed by atoms with E-state index in [0.717, 1.165) is 15.7 Å². The maximum absolute atomic E-state index is 11.5. The summed E-state index contributed by atoms with van der Waals surface area (Å²) in [6.07, 6.45) is 1.22. The Labute approximate surface area is 214 Å². The second kappa shape index (κ2) is 11.1. The Kier molecular flexibility index (Phi) is 7.75. The number of hydrogen-bond acceptors (Lipinski definition) is 12. The van der Waals surface area contributed by atoms with Crippen molar-refractivity contribution in [3.05, 3.63) is 56.0 Å². The van der Waals surface area contributed by atoms with Crippen LogP contribution in [0, 0.1) is 17.0 Å². The summed E-state index contributed by atoms with van der Waals surface area (Å²) < 4.78 is 11.2. The van der Waals surface area contributed by atoms with Crippen LogP contribution in [-0.4, -0.2) is 64.6 Å². The lowest BCUT2D eigenvalue weighted by atomic mass is 10.1. The Morgan fingerprint density at radius 3 is 2.67 bits per heavy atom. The molecule has 188 valence electrons. The highest BCUT2D eigenvalue weighted by molar-refractivity contribution is 9.10. The fourth-order valence-corrected chi connectivity index (χ4v) is 4.04. The van der Waals surface area contributed by atoms with Crippen LogP contribution in [0.2, 0.25) is 0 Å². The first kappa shape index (κ1) is 25.1. The summed E-state index contributed by atoms with van der Waals surface area (Å²) >= 11 is 3.54. The number of phenols is 1. The number of nitrogens with one attached hydrogen (secondary N) is 2. The molecule has 1 aromatic heterocycles. The van der Waals surface area contributed by atoms with Gasteiger partial charge >= 0.3 is 5.69 Å². The minimum Gasteiger partial charge on any atom is -0.504 e. The summed E-state index contributed by atoms with van der Waals surface area (Å²) in [5, 5.41) is 28.7. The average Bonchev–Trinajstić information content (AvgIpc) is 2.86.